The quantitative estimate of drug-likeness (QED) is 0.766. The van der Waals surface area contributed by atoms with Crippen molar-refractivity contribution in [3.63, 3.8) is 0 Å². The molecule has 0 spiro atoms. The number of amides is 1. The Hall–Kier alpha value is -0.870. The van der Waals surface area contributed by atoms with Crippen molar-refractivity contribution in [2.75, 3.05) is 19.6 Å². The van der Waals surface area contributed by atoms with Gasteiger partial charge in [-0.05, 0) is 53.5 Å². The molecule has 1 aromatic carbocycles. The maximum Gasteiger partial charge on any atom is 0.252 e. The molecule has 0 bridgehead atoms. The number of hydrogen-bond donors (Lipinski definition) is 1. The van der Waals surface area contributed by atoms with Crippen LogP contribution >= 0.6 is 15.9 Å². The molecule has 0 aliphatic heterocycles. The third-order valence-corrected chi connectivity index (χ3v) is 4.38. The van der Waals surface area contributed by atoms with Gasteiger partial charge >= 0.3 is 0 Å². The lowest BCUT2D eigenvalue weighted by molar-refractivity contribution is 0.0928. The predicted molar refractivity (Wildman–Crippen MR) is 92.6 cm³/mol. The van der Waals surface area contributed by atoms with E-state index in [1.807, 2.05) is 24.3 Å². The Kier molecular flexibility index (Phi) is 7.97. The van der Waals surface area contributed by atoms with E-state index in [1.54, 1.807) is 0 Å². The minimum atomic E-state index is -0.0108. The molecule has 0 saturated carbocycles. The van der Waals surface area contributed by atoms with Crippen molar-refractivity contribution in [3.8, 4) is 0 Å². The number of hydrogen-bond acceptors (Lipinski definition) is 2. The molecule has 0 radical (unpaired) electrons. The highest BCUT2D eigenvalue weighted by Gasteiger charge is 2.18. The summed E-state index contributed by atoms with van der Waals surface area (Å²) < 4.78 is 0.839. The molecule has 1 N–H and O–H groups in total. The van der Waals surface area contributed by atoms with Gasteiger partial charge in [-0.2, -0.15) is 0 Å². The van der Waals surface area contributed by atoms with Gasteiger partial charge in [0, 0.05) is 17.1 Å². The second kappa shape index (κ2) is 9.21. The summed E-state index contributed by atoms with van der Waals surface area (Å²) >= 11 is 3.43. The second-order valence-corrected chi connectivity index (χ2v) is 6.55. The maximum atomic E-state index is 12.3. The van der Waals surface area contributed by atoms with E-state index in [4.69, 9.17) is 0 Å². The number of carbonyl (C=O) groups excluding carboxylic acids is 1. The van der Waals surface area contributed by atoms with E-state index in [1.165, 1.54) is 0 Å². The fourth-order valence-electron chi connectivity index (χ4n) is 2.60. The van der Waals surface area contributed by atoms with Crippen LogP contribution < -0.4 is 5.32 Å². The molecule has 1 atom stereocenters. The molecule has 0 aliphatic rings. The number of nitrogens with one attached hydrogen (secondary N) is 1. The van der Waals surface area contributed by atoms with Crippen molar-refractivity contribution in [3.05, 3.63) is 34.3 Å². The molecule has 1 amide bonds. The first kappa shape index (κ1) is 18.2. The van der Waals surface area contributed by atoms with Gasteiger partial charge in [-0.3, -0.25) is 9.69 Å². The number of carbonyl (C=O) groups is 1. The molecule has 0 saturated heterocycles. The lowest BCUT2D eigenvalue weighted by Gasteiger charge is -2.31. The van der Waals surface area contributed by atoms with E-state index in [0.29, 0.717) is 24.1 Å². The van der Waals surface area contributed by atoms with Crippen molar-refractivity contribution >= 4 is 21.8 Å². The molecule has 1 rings (SSSR count). The van der Waals surface area contributed by atoms with Crippen molar-refractivity contribution in [2.45, 2.75) is 40.2 Å². The summed E-state index contributed by atoms with van der Waals surface area (Å²) in [6.45, 7) is 11.5. The van der Waals surface area contributed by atoms with Crippen LogP contribution in [0.15, 0.2) is 28.7 Å². The summed E-state index contributed by atoms with van der Waals surface area (Å²) in [5, 5.41) is 3.08. The van der Waals surface area contributed by atoms with E-state index in [0.717, 1.165) is 24.0 Å². The van der Waals surface area contributed by atoms with Crippen LogP contribution in [0, 0.1) is 5.92 Å². The van der Waals surface area contributed by atoms with Gasteiger partial charge in [0.05, 0.1) is 5.56 Å². The zero-order valence-electron chi connectivity index (χ0n) is 13.5. The topological polar surface area (TPSA) is 32.3 Å². The number of nitrogens with zero attached hydrogens (tertiary/aromatic N) is 1. The Labute approximate surface area is 137 Å². The first-order chi connectivity index (χ1) is 9.99. The molecule has 21 heavy (non-hydrogen) atoms. The molecule has 0 fully saturated rings. The maximum absolute atomic E-state index is 12.3. The van der Waals surface area contributed by atoms with Gasteiger partial charge in [-0.25, -0.2) is 0 Å². The van der Waals surface area contributed by atoms with Crippen LogP contribution in [0.1, 0.15) is 44.5 Å². The molecule has 0 aliphatic carbocycles. The van der Waals surface area contributed by atoms with Gasteiger partial charge in [-0.1, -0.05) is 39.8 Å². The normalized spacial score (nSPS) is 12.7. The molecule has 1 unspecified atom stereocenters. The number of benzene rings is 1. The lowest BCUT2D eigenvalue weighted by Crippen LogP contribution is -2.44. The molecule has 118 valence electrons. The van der Waals surface area contributed by atoms with Gasteiger partial charge in [-0.15, -0.1) is 0 Å². The summed E-state index contributed by atoms with van der Waals surface area (Å²) in [4.78, 5) is 14.7. The fourth-order valence-corrected chi connectivity index (χ4v) is 3.06. The summed E-state index contributed by atoms with van der Waals surface area (Å²) in [6.07, 6.45) is 1.10. The van der Waals surface area contributed by atoms with Crippen LogP contribution in [0.2, 0.25) is 0 Å². The zero-order valence-corrected chi connectivity index (χ0v) is 15.1. The van der Waals surface area contributed by atoms with Gasteiger partial charge in [0.15, 0.2) is 0 Å². The fraction of sp³-hybridized carbons (Fsp3) is 0.588. The number of rotatable bonds is 8. The molecule has 4 heteroatoms. The SMILES string of the molecule is CCN(CC)C(CNC(=O)c1ccccc1Br)CC(C)C. The van der Waals surface area contributed by atoms with E-state index >= 15 is 0 Å². The minimum Gasteiger partial charge on any atom is -0.350 e. The Morgan fingerprint density at radius 2 is 1.86 bits per heavy atom. The van der Waals surface area contributed by atoms with Gasteiger partial charge in [0.1, 0.15) is 0 Å². The summed E-state index contributed by atoms with van der Waals surface area (Å²) in [5.41, 5.74) is 0.695. The Balaban J connectivity index is 2.68. The van der Waals surface area contributed by atoms with E-state index in [9.17, 15) is 4.79 Å². The van der Waals surface area contributed by atoms with Crippen molar-refractivity contribution in [1.29, 1.82) is 0 Å². The van der Waals surface area contributed by atoms with Crippen LogP contribution in [-0.2, 0) is 0 Å². The minimum absolute atomic E-state index is 0.0108. The van der Waals surface area contributed by atoms with Gasteiger partial charge < -0.3 is 5.32 Å². The summed E-state index contributed by atoms with van der Waals surface area (Å²) in [5.74, 6) is 0.611. The third-order valence-electron chi connectivity index (χ3n) is 3.69. The Morgan fingerprint density at radius 1 is 1.24 bits per heavy atom. The van der Waals surface area contributed by atoms with Crippen LogP contribution in [0.4, 0.5) is 0 Å². The highest BCUT2D eigenvalue weighted by atomic mass is 79.9. The van der Waals surface area contributed by atoms with Crippen molar-refractivity contribution in [1.82, 2.24) is 10.2 Å². The third kappa shape index (κ3) is 5.79. The van der Waals surface area contributed by atoms with E-state index < -0.39 is 0 Å². The predicted octanol–water partition coefficient (Wildman–Crippen LogP) is 3.94. The highest BCUT2D eigenvalue weighted by molar-refractivity contribution is 9.10. The Bertz CT molecular complexity index is 444. The molecular weight excluding hydrogens is 328 g/mol. The zero-order chi connectivity index (χ0) is 15.8. The first-order valence-corrected chi connectivity index (χ1v) is 8.55. The number of halogens is 1. The first-order valence-electron chi connectivity index (χ1n) is 7.76. The number of likely N-dealkylation sites (N-methyl/N-ethyl adjacent to an activating group) is 1. The smallest absolute Gasteiger partial charge is 0.252 e. The molecule has 1 aromatic rings. The van der Waals surface area contributed by atoms with Crippen LogP contribution in [0.3, 0.4) is 0 Å². The van der Waals surface area contributed by atoms with Gasteiger partial charge in [0.25, 0.3) is 5.91 Å². The highest BCUT2D eigenvalue weighted by Crippen LogP contribution is 2.16. The molecule has 0 aromatic heterocycles. The van der Waals surface area contributed by atoms with Crippen LogP contribution in [-0.4, -0.2) is 36.5 Å². The largest absolute Gasteiger partial charge is 0.350 e. The van der Waals surface area contributed by atoms with Crippen LogP contribution in [0.25, 0.3) is 0 Å². The molecule has 0 heterocycles. The average molecular weight is 355 g/mol. The van der Waals surface area contributed by atoms with Crippen LogP contribution in [0.5, 0.6) is 0 Å². The summed E-state index contributed by atoms with van der Waals surface area (Å²) in [7, 11) is 0. The van der Waals surface area contributed by atoms with E-state index in [2.05, 4.69) is 53.8 Å². The average Bonchev–Trinajstić information content (AvgIpc) is 2.45. The molecular formula is C17H27BrN2O. The summed E-state index contributed by atoms with van der Waals surface area (Å²) in [6, 6.07) is 7.93. The standard InChI is InChI=1S/C17H27BrN2O/c1-5-20(6-2)14(11-13(3)4)12-19-17(21)15-9-7-8-10-16(15)18/h7-10,13-14H,5-6,11-12H2,1-4H3,(H,19,21). The monoisotopic (exact) mass is 354 g/mol. The Morgan fingerprint density at radius 3 is 2.38 bits per heavy atom. The van der Waals surface area contributed by atoms with Crippen molar-refractivity contribution < 1.29 is 4.79 Å². The van der Waals surface area contributed by atoms with E-state index in [-0.39, 0.29) is 5.91 Å². The van der Waals surface area contributed by atoms with Crippen molar-refractivity contribution in [2.24, 2.45) is 5.92 Å². The lowest BCUT2D eigenvalue weighted by atomic mass is 10.0. The van der Waals surface area contributed by atoms with Gasteiger partial charge in [0.2, 0.25) is 0 Å². The molecule has 3 nitrogen and oxygen atoms in total. The second-order valence-electron chi connectivity index (χ2n) is 5.69.